The summed E-state index contributed by atoms with van der Waals surface area (Å²) >= 11 is 0. The van der Waals surface area contributed by atoms with Crippen LogP contribution in [0, 0.1) is 16.0 Å². The fraction of sp³-hybridized carbons (Fsp3) is 0.238. The van der Waals surface area contributed by atoms with Gasteiger partial charge in [0.1, 0.15) is 0 Å². The normalized spacial score (nSPS) is 15.5. The van der Waals surface area contributed by atoms with Gasteiger partial charge in [0.25, 0.3) is 5.69 Å². The molecule has 2 aromatic rings. The van der Waals surface area contributed by atoms with Crippen molar-refractivity contribution < 1.29 is 33.6 Å². The maximum Gasteiger partial charge on any atom is 0.337 e. The van der Waals surface area contributed by atoms with Crippen LogP contribution in [0.4, 0.5) is 11.4 Å². The van der Waals surface area contributed by atoms with Gasteiger partial charge in [-0.05, 0) is 36.4 Å². The van der Waals surface area contributed by atoms with E-state index in [0.29, 0.717) is 11.3 Å². The first-order valence-corrected chi connectivity index (χ1v) is 9.23. The summed E-state index contributed by atoms with van der Waals surface area (Å²) in [5.41, 5.74) is 0.875. The topological polar surface area (TPSA) is 133 Å². The molecule has 10 heteroatoms. The Morgan fingerprint density at radius 2 is 1.68 bits per heavy atom. The van der Waals surface area contributed by atoms with Gasteiger partial charge in [-0.2, -0.15) is 0 Å². The molecule has 0 aromatic heterocycles. The number of methoxy groups -OCH3 is 1. The third-order valence-corrected chi connectivity index (χ3v) is 4.80. The Labute approximate surface area is 176 Å². The lowest BCUT2D eigenvalue weighted by molar-refractivity contribution is -0.384. The van der Waals surface area contributed by atoms with Crippen molar-refractivity contribution in [1.29, 1.82) is 0 Å². The molecule has 0 aliphatic carbocycles. The van der Waals surface area contributed by atoms with Crippen molar-refractivity contribution in [2.24, 2.45) is 5.92 Å². The van der Waals surface area contributed by atoms with Gasteiger partial charge >= 0.3 is 11.9 Å². The highest BCUT2D eigenvalue weighted by atomic mass is 16.6. The van der Waals surface area contributed by atoms with E-state index in [4.69, 9.17) is 4.74 Å². The number of nitro benzene ring substituents is 1. The van der Waals surface area contributed by atoms with Crippen molar-refractivity contribution in [2.45, 2.75) is 6.42 Å². The Bertz CT molecular complexity index is 1030. The number of nitro groups is 1. The summed E-state index contributed by atoms with van der Waals surface area (Å²) in [5, 5.41) is 10.7. The van der Waals surface area contributed by atoms with Gasteiger partial charge < -0.3 is 14.4 Å². The largest absolute Gasteiger partial charge is 0.465 e. The first kappa shape index (κ1) is 21.6. The molecule has 1 saturated heterocycles. The van der Waals surface area contributed by atoms with E-state index in [0.717, 1.165) is 0 Å². The number of rotatable bonds is 7. The van der Waals surface area contributed by atoms with Gasteiger partial charge in [0.05, 0.1) is 23.5 Å². The molecule has 31 heavy (non-hydrogen) atoms. The zero-order valence-electron chi connectivity index (χ0n) is 16.5. The number of Topliss-reactive ketones (excluding diaryl/α,β-unsaturated/α-hetero) is 1. The van der Waals surface area contributed by atoms with Crippen LogP contribution in [-0.4, -0.2) is 48.8 Å². The quantitative estimate of drug-likeness (QED) is 0.285. The minimum absolute atomic E-state index is 0.0662. The van der Waals surface area contributed by atoms with E-state index in [1.807, 2.05) is 0 Å². The smallest absolute Gasteiger partial charge is 0.337 e. The first-order valence-electron chi connectivity index (χ1n) is 9.23. The number of hydrogen-bond donors (Lipinski definition) is 0. The van der Waals surface area contributed by atoms with Crippen LogP contribution in [0.15, 0.2) is 48.5 Å². The summed E-state index contributed by atoms with van der Waals surface area (Å²) in [6.45, 7) is -0.448. The fourth-order valence-electron chi connectivity index (χ4n) is 3.12. The van der Waals surface area contributed by atoms with Crippen LogP contribution in [-0.2, 0) is 19.1 Å². The minimum atomic E-state index is -0.738. The van der Waals surface area contributed by atoms with Crippen molar-refractivity contribution in [3.8, 4) is 0 Å². The Kier molecular flexibility index (Phi) is 6.39. The van der Waals surface area contributed by atoms with Gasteiger partial charge in [-0.3, -0.25) is 24.5 Å². The molecule has 0 bridgehead atoms. The molecule has 0 saturated carbocycles. The molecule has 1 aliphatic rings. The maximum absolute atomic E-state index is 12.3. The molecular weight excluding hydrogens is 408 g/mol. The van der Waals surface area contributed by atoms with Crippen molar-refractivity contribution in [3.05, 3.63) is 69.8 Å². The van der Waals surface area contributed by atoms with Gasteiger partial charge in [0.15, 0.2) is 12.4 Å². The molecule has 1 amide bonds. The number of carbonyl (C=O) groups excluding carboxylic acids is 4. The van der Waals surface area contributed by atoms with Crippen molar-refractivity contribution in [3.63, 3.8) is 0 Å². The fourth-order valence-corrected chi connectivity index (χ4v) is 3.12. The molecule has 1 fully saturated rings. The molecule has 0 spiro atoms. The van der Waals surface area contributed by atoms with Crippen molar-refractivity contribution in [1.82, 2.24) is 0 Å². The second-order valence-corrected chi connectivity index (χ2v) is 6.78. The number of ether oxygens (including phenoxy) is 2. The third-order valence-electron chi connectivity index (χ3n) is 4.80. The molecule has 3 rings (SSSR count). The van der Waals surface area contributed by atoms with Gasteiger partial charge in [0, 0.05) is 36.3 Å². The Morgan fingerprint density at radius 3 is 2.26 bits per heavy atom. The number of ketones is 1. The number of amides is 1. The lowest BCUT2D eigenvalue weighted by atomic mass is 10.1. The summed E-state index contributed by atoms with van der Waals surface area (Å²) in [6, 6.07) is 11.1. The zero-order chi connectivity index (χ0) is 22.5. The molecular formula is C21H18N2O8. The molecule has 160 valence electrons. The summed E-state index contributed by atoms with van der Waals surface area (Å²) in [5.74, 6) is -2.72. The van der Waals surface area contributed by atoms with Crippen LogP contribution >= 0.6 is 0 Å². The minimum Gasteiger partial charge on any atom is -0.465 e. The highest BCUT2D eigenvalue weighted by molar-refractivity contribution is 6.01. The number of non-ortho nitro benzene ring substituents is 1. The van der Waals surface area contributed by atoms with Gasteiger partial charge in [0.2, 0.25) is 5.91 Å². The number of esters is 2. The van der Waals surface area contributed by atoms with E-state index in [2.05, 4.69) is 4.74 Å². The van der Waals surface area contributed by atoms with Crippen LogP contribution in [0.3, 0.4) is 0 Å². The predicted molar refractivity (Wildman–Crippen MR) is 107 cm³/mol. The van der Waals surface area contributed by atoms with Crippen LogP contribution in [0.25, 0.3) is 0 Å². The average molecular weight is 426 g/mol. The second-order valence-electron chi connectivity index (χ2n) is 6.78. The number of anilines is 1. The molecule has 1 heterocycles. The summed E-state index contributed by atoms with van der Waals surface area (Å²) in [7, 11) is 1.27. The van der Waals surface area contributed by atoms with E-state index in [1.54, 1.807) is 12.1 Å². The molecule has 1 atom stereocenters. The summed E-state index contributed by atoms with van der Waals surface area (Å²) in [6.07, 6.45) is -0.0662. The van der Waals surface area contributed by atoms with Gasteiger partial charge in [-0.25, -0.2) is 4.79 Å². The highest BCUT2D eigenvalue weighted by Crippen LogP contribution is 2.26. The summed E-state index contributed by atoms with van der Waals surface area (Å²) in [4.78, 5) is 59.8. The van der Waals surface area contributed by atoms with E-state index < -0.39 is 35.2 Å². The maximum atomic E-state index is 12.3. The van der Waals surface area contributed by atoms with Gasteiger partial charge in [-0.1, -0.05) is 0 Å². The Hall–Kier alpha value is -4.08. The molecule has 10 nitrogen and oxygen atoms in total. The monoisotopic (exact) mass is 426 g/mol. The predicted octanol–water partition coefficient (Wildman–Crippen LogP) is 2.16. The SMILES string of the molecule is COC(=O)c1ccc(N2C[C@@H](C(=O)OCC(=O)c3ccc([N+](=O)[O-])cc3)CC2=O)cc1. The number of hydrogen-bond acceptors (Lipinski definition) is 8. The molecule has 0 N–H and O–H groups in total. The van der Waals surface area contributed by atoms with Crippen LogP contribution in [0.5, 0.6) is 0 Å². The lowest BCUT2D eigenvalue weighted by Crippen LogP contribution is -2.27. The van der Waals surface area contributed by atoms with E-state index in [1.165, 1.54) is 48.4 Å². The van der Waals surface area contributed by atoms with Crippen LogP contribution < -0.4 is 4.90 Å². The van der Waals surface area contributed by atoms with Gasteiger partial charge in [-0.15, -0.1) is 0 Å². The van der Waals surface area contributed by atoms with E-state index in [9.17, 15) is 29.3 Å². The van der Waals surface area contributed by atoms with Crippen molar-refractivity contribution >= 4 is 35.0 Å². The Morgan fingerprint density at radius 1 is 1.06 bits per heavy atom. The standard InChI is InChI=1S/C21H18N2O8/c1-30-20(26)14-4-6-16(7-5-14)22-11-15(10-19(22)25)21(27)31-12-18(24)13-2-8-17(9-3-13)23(28)29/h2-9,15H,10-12H2,1H3/t15-/m0/s1. The van der Waals surface area contributed by atoms with Crippen LogP contribution in [0.2, 0.25) is 0 Å². The number of benzene rings is 2. The lowest BCUT2D eigenvalue weighted by Gasteiger charge is -2.16. The zero-order valence-corrected chi connectivity index (χ0v) is 16.5. The van der Waals surface area contributed by atoms with E-state index in [-0.39, 0.29) is 30.1 Å². The molecule has 0 radical (unpaired) electrons. The van der Waals surface area contributed by atoms with Crippen molar-refractivity contribution in [2.75, 3.05) is 25.2 Å². The second kappa shape index (κ2) is 9.16. The molecule has 2 aromatic carbocycles. The molecule has 0 unspecified atom stereocenters. The third kappa shape index (κ3) is 4.92. The summed E-state index contributed by atoms with van der Waals surface area (Å²) < 4.78 is 9.68. The average Bonchev–Trinajstić information content (AvgIpc) is 3.18. The molecule has 1 aliphatic heterocycles. The Balaban J connectivity index is 1.56. The number of carbonyl (C=O) groups is 4. The van der Waals surface area contributed by atoms with E-state index >= 15 is 0 Å². The highest BCUT2D eigenvalue weighted by Gasteiger charge is 2.36. The first-order chi connectivity index (χ1) is 14.8. The van der Waals surface area contributed by atoms with Crippen LogP contribution in [0.1, 0.15) is 27.1 Å². The number of nitrogens with zero attached hydrogens (tertiary/aromatic N) is 2.